The zero-order valence-electron chi connectivity index (χ0n) is 33.1. The quantitative estimate of drug-likeness (QED) is 0.160. The number of nitrogens with zero attached hydrogens (tertiary/aromatic N) is 1. The molecule has 0 N–H and O–H groups in total. The van der Waals surface area contributed by atoms with Gasteiger partial charge in [0.1, 0.15) is 11.2 Å². The predicted molar refractivity (Wildman–Crippen MR) is 261 cm³/mol. The largest absolute Gasteiger partial charge is 0.455 e. The molecule has 2 heterocycles. The third kappa shape index (κ3) is 6.26. The molecule has 3 heteroatoms. The van der Waals surface area contributed by atoms with Crippen molar-refractivity contribution in [3.05, 3.63) is 224 Å². The van der Waals surface area contributed by atoms with Crippen molar-refractivity contribution < 1.29 is 4.42 Å². The van der Waals surface area contributed by atoms with Crippen LogP contribution in [-0.2, 0) is 0 Å². The van der Waals surface area contributed by atoms with Gasteiger partial charge in [0.2, 0.25) is 0 Å². The Bertz CT molecular complexity index is 3580. The maximum absolute atomic E-state index is 6.43. The van der Waals surface area contributed by atoms with Gasteiger partial charge in [-0.05, 0) is 116 Å². The van der Waals surface area contributed by atoms with Gasteiger partial charge in [0.15, 0.2) is 0 Å². The number of fused-ring (bicyclic) bond motifs is 7. The molecule has 0 saturated carbocycles. The molecular formula is C58H37NOS. The summed E-state index contributed by atoms with van der Waals surface area (Å²) in [6, 6.07) is 81.2. The van der Waals surface area contributed by atoms with Crippen LogP contribution in [0.5, 0.6) is 0 Å². The molecular weight excluding hydrogens is 759 g/mol. The molecule has 0 aliphatic carbocycles. The number of thiophene rings is 1. The molecule has 0 radical (unpaired) electrons. The minimum atomic E-state index is 0.906. The number of rotatable bonds is 7. The first-order valence-electron chi connectivity index (χ1n) is 20.7. The van der Waals surface area contributed by atoms with Crippen LogP contribution in [0.15, 0.2) is 229 Å². The van der Waals surface area contributed by atoms with Gasteiger partial charge in [0.05, 0.1) is 0 Å². The van der Waals surface area contributed by atoms with Gasteiger partial charge in [0.25, 0.3) is 0 Å². The Morgan fingerprint density at radius 1 is 0.311 bits per heavy atom. The van der Waals surface area contributed by atoms with E-state index in [0.717, 1.165) is 50.1 Å². The number of benzene rings is 10. The van der Waals surface area contributed by atoms with Gasteiger partial charge < -0.3 is 9.32 Å². The Balaban J connectivity index is 0.910. The number of hydrogen-bond donors (Lipinski definition) is 0. The average Bonchev–Trinajstić information content (AvgIpc) is 3.91. The SMILES string of the molecule is c1cc(-c2ccc(N(c3ccc(-c4ccc5c(c4)sc4ccccc45)cc3)c3ccc(-c4cccc5c4oc4ccccc45)cc3)cc2)cc(-c2ccc3ccccc3c2)c1. The van der Waals surface area contributed by atoms with E-state index in [9.17, 15) is 0 Å². The van der Waals surface area contributed by atoms with Gasteiger partial charge in [0, 0.05) is 53.6 Å². The van der Waals surface area contributed by atoms with Crippen molar-refractivity contribution in [1.29, 1.82) is 0 Å². The Labute approximate surface area is 357 Å². The molecule has 0 atom stereocenters. The molecule has 10 aromatic carbocycles. The van der Waals surface area contributed by atoms with Gasteiger partial charge in [-0.3, -0.25) is 0 Å². The number of anilines is 3. The zero-order chi connectivity index (χ0) is 40.3. The zero-order valence-corrected chi connectivity index (χ0v) is 33.9. The third-order valence-electron chi connectivity index (χ3n) is 12.1. The van der Waals surface area contributed by atoms with Crippen LogP contribution in [0.4, 0.5) is 17.1 Å². The summed E-state index contributed by atoms with van der Waals surface area (Å²) < 4.78 is 9.06. The fourth-order valence-corrected chi connectivity index (χ4v) is 10.1. The van der Waals surface area contributed by atoms with Gasteiger partial charge in [-0.2, -0.15) is 0 Å². The van der Waals surface area contributed by atoms with Crippen LogP contribution in [0, 0.1) is 0 Å². The van der Waals surface area contributed by atoms with E-state index in [1.807, 2.05) is 23.5 Å². The molecule has 2 aromatic heterocycles. The Hall–Kier alpha value is -7.72. The van der Waals surface area contributed by atoms with E-state index in [1.165, 1.54) is 64.3 Å². The maximum Gasteiger partial charge on any atom is 0.143 e. The van der Waals surface area contributed by atoms with Gasteiger partial charge in [-0.1, -0.05) is 158 Å². The maximum atomic E-state index is 6.43. The summed E-state index contributed by atoms with van der Waals surface area (Å²) in [5.41, 5.74) is 14.5. The van der Waals surface area contributed by atoms with Crippen molar-refractivity contribution in [2.75, 3.05) is 4.90 Å². The highest BCUT2D eigenvalue weighted by molar-refractivity contribution is 7.25. The third-order valence-corrected chi connectivity index (χ3v) is 13.2. The van der Waals surface area contributed by atoms with E-state index in [1.54, 1.807) is 0 Å². The first kappa shape index (κ1) is 35.2. The lowest BCUT2D eigenvalue weighted by Gasteiger charge is -2.26. The lowest BCUT2D eigenvalue weighted by Crippen LogP contribution is -2.09. The fraction of sp³-hybridized carbons (Fsp3) is 0. The minimum Gasteiger partial charge on any atom is -0.455 e. The summed E-state index contributed by atoms with van der Waals surface area (Å²) in [5, 5.41) is 7.41. The van der Waals surface area contributed by atoms with E-state index in [-0.39, 0.29) is 0 Å². The molecule has 12 rings (SSSR count). The van der Waals surface area contributed by atoms with Crippen LogP contribution in [0.2, 0.25) is 0 Å². The van der Waals surface area contributed by atoms with Crippen molar-refractivity contribution in [2.24, 2.45) is 0 Å². The van der Waals surface area contributed by atoms with Crippen LogP contribution in [0.3, 0.4) is 0 Å². The van der Waals surface area contributed by atoms with Crippen LogP contribution >= 0.6 is 11.3 Å². The number of hydrogen-bond acceptors (Lipinski definition) is 3. The molecule has 0 aliphatic rings. The van der Waals surface area contributed by atoms with E-state index in [4.69, 9.17) is 4.42 Å². The smallest absolute Gasteiger partial charge is 0.143 e. The summed E-state index contributed by atoms with van der Waals surface area (Å²) in [4.78, 5) is 2.35. The average molecular weight is 796 g/mol. The van der Waals surface area contributed by atoms with Gasteiger partial charge in [-0.25, -0.2) is 0 Å². The molecule has 0 amide bonds. The van der Waals surface area contributed by atoms with Crippen LogP contribution in [0.1, 0.15) is 0 Å². The summed E-state index contributed by atoms with van der Waals surface area (Å²) in [5.74, 6) is 0. The molecule has 0 saturated heterocycles. The van der Waals surface area contributed by atoms with Crippen LogP contribution in [0.25, 0.3) is 97.4 Å². The minimum absolute atomic E-state index is 0.906. The fourth-order valence-electron chi connectivity index (χ4n) is 8.97. The number of furan rings is 1. The molecule has 0 spiro atoms. The lowest BCUT2D eigenvalue weighted by atomic mass is 9.97. The van der Waals surface area contributed by atoms with Crippen LogP contribution in [-0.4, -0.2) is 0 Å². The van der Waals surface area contributed by atoms with Gasteiger partial charge >= 0.3 is 0 Å². The van der Waals surface area contributed by atoms with Crippen molar-refractivity contribution in [2.45, 2.75) is 0 Å². The summed E-state index contributed by atoms with van der Waals surface area (Å²) >= 11 is 1.86. The molecule has 2 nitrogen and oxygen atoms in total. The van der Waals surface area contributed by atoms with Crippen LogP contribution < -0.4 is 4.90 Å². The van der Waals surface area contributed by atoms with Crippen molar-refractivity contribution >= 4 is 81.3 Å². The summed E-state index contributed by atoms with van der Waals surface area (Å²) in [6.45, 7) is 0. The summed E-state index contributed by atoms with van der Waals surface area (Å²) in [7, 11) is 0. The van der Waals surface area contributed by atoms with Crippen molar-refractivity contribution in [1.82, 2.24) is 0 Å². The van der Waals surface area contributed by atoms with Crippen molar-refractivity contribution in [3.63, 3.8) is 0 Å². The van der Waals surface area contributed by atoms with E-state index < -0.39 is 0 Å². The topological polar surface area (TPSA) is 16.4 Å². The Morgan fingerprint density at radius 2 is 0.836 bits per heavy atom. The first-order chi connectivity index (χ1) is 30.2. The second-order valence-corrected chi connectivity index (χ2v) is 16.8. The standard InChI is InChI=1S/C58H37NOS/c1-2-10-42-36-45(20-19-38(42)9-1)44-12-7-11-43(35-44)39-21-28-47(29-22-39)59(48-30-23-40(24-31-48)46-27-34-53-52-14-4-6-18-56(52)61-57(53)37-46)49-32-25-41(26-33-49)50-15-8-16-54-51-13-3-5-17-55(51)60-58(50)54/h1-37H. The Kier molecular flexibility index (Phi) is 8.39. The molecule has 0 unspecified atom stereocenters. The lowest BCUT2D eigenvalue weighted by molar-refractivity contribution is 0.670. The van der Waals surface area contributed by atoms with E-state index >= 15 is 0 Å². The molecule has 61 heavy (non-hydrogen) atoms. The predicted octanol–water partition coefficient (Wildman–Crippen LogP) is 17.2. The number of para-hydroxylation sites is 2. The summed E-state index contributed by atoms with van der Waals surface area (Å²) in [6.07, 6.45) is 0. The normalized spacial score (nSPS) is 11.6. The molecule has 0 bridgehead atoms. The highest BCUT2D eigenvalue weighted by atomic mass is 32.1. The molecule has 0 fully saturated rings. The van der Waals surface area contributed by atoms with Crippen molar-refractivity contribution in [3.8, 4) is 44.5 Å². The molecule has 286 valence electrons. The van der Waals surface area contributed by atoms with E-state index in [2.05, 4.69) is 217 Å². The Morgan fingerprint density at radius 3 is 1.59 bits per heavy atom. The van der Waals surface area contributed by atoms with Gasteiger partial charge in [-0.15, -0.1) is 11.3 Å². The monoisotopic (exact) mass is 795 g/mol. The van der Waals surface area contributed by atoms with E-state index in [0.29, 0.717) is 0 Å². The second-order valence-electron chi connectivity index (χ2n) is 15.7. The highest BCUT2D eigenvalue weighted by Crippen LogP contribution is 2.41. The highest BCUT2D eigenvalue weighted by Gasteiger charge is 2.17. The first-order valence-corrected chi connectivity index (χ1v) is 21.5. The molecule has 0 aliphatic heterocycles. The second kappa shape index (κ2) is 14.5. The molecule has 12 aromatic rings.